The molecule has 3 aromatic rings. The molecule has 422 valence electrons. The van der Waals surface area contributed by atoms with Crippen molar-refractivity contribution in [3.8, 4) is 22.9 Å². The molecule has 8 N–H and O–H groups in total. The molecule has 0 bridgehead atoms. The Kier molecular flexibility index (Phi) is 19.0. The lowest BCUT2D eigenvalue weighted by Gasteiger charge is -2.35. The highest BCUT2D eigenvalue weighted by Crippen LogP contribution is 2.45. The van der Waals surface area contributed by atoms with Crippen LogP contribution in [0.4, 0.5) is 0 Å². The summed E-state index contributed by atoms with van der Waals surface area (Å²) < 4.78 is 24.5. The molecule has 8 atom stereocenters. The monoisotopic (exact) mass is 1090 g/mol. The molecule has 7 rings (SSSR count). The Balaban J connectivity index is 0.899. The van der Waals surface area contributed by atoms with Crippen LogP contribution < -0.4 is 25.7 Å². The summed E-state index contributed by atoms with van der Waals surface area (Å²) in [5.41, 5.74) is 2.70. The van der Waals surface area contributed by atoms with E-state index in [1.54, 1.807) is 11.5 Å². The van der Waals surface area contributed by atoms with Crippen molar-refractivity contribution < 1.29 is 83.1 Å². The number of hydrogen-bond donors (Lipinski definition) is 8. The highest BCUT2D eigenvalue weighted by atomic mass is 16.7. The lowest BCUT2D eigenvalue weighted by Crippen LogP contribution is -2.50. The molecule has 0 saturated heterocycles. The third kappa shape index (κ3) is 12.8. The van der Waals surface area contributed by atoms with Gasteiger partial charge in [-0.3, -0.25) is 43.3 Å². The van der Waals surface area contributed by atoms with Gasteiger partial charge in [-0.05, 0) is 56.7 Å². The number of aliphatic hydroxyl groups is 6. The molecule has 0 fully saturated rings. The van der Waals surface area contributed by atoms with Gasteiger partial charge in [0.25, 0.3) is 17.4 Å². The van der Waals surface area contributed by atoms with E-state index in [1.807, 2.05) is 18.2 Å². The van der Waals surface area contributed by atoms with Gasteiger partial charge in [0.2, 0.25) is 24.5 Å². The van der Waals surface area contributed by atoms with Crippen molar-refractivity contribution in [1.82, 2.24) is 30.0 Å². The van der Waals surface area contributed by atoms with E-state index in [0.29, 0.717) is 58.8 Å². The topological polar surface area (TPSA) is 343 Å². The van der Waals surface area contributed by atoms with Crippen molar-refractivity contribution in [2.24, 2.45) is 11.8 Å². The van der Waals surface area contributed by atoms with Crippen LogP contribution in [0.3, 0.4) is 0 Å². The fourth-order valence-corrected chi connectivity index (χ4v) is 9.94. The largest absolute Gasteiger partial charge is 0.490 e. The van der Waals surface area contributed by atoms with Crippen LogP contribution in [0.2, 0.25) is 0 Å². The SMILES string of the molecule is C=C1OCc2c(cc3n(c2=O)Cc2c-3nc3cc4c(cc3c2CCCCOCNC(=O)[C@H](C)CC(=O)[C@H](C)NC(=O)[C@H](CCC(=O)N(C)C[C@H](O)[C@@H](O)[C@H](O)[C@H](O)CO)CC(=O)CCN2C(=O)C=CC2=O)OCO4)[C@@]1(O)CC. The number of likely N-dealkylation sites (N-methyl/N-ethyl adjacent to an activating group) is 1. The normalized spacial score (nSPS) is 18.8. The van der Waals surface area contributed by atoms with Crippen molar-refractivity contribution >= 4 is 52.0 Å². The highest BCUT2D eigenvalue weighted by molar-refractivity contribution is 6.13. The number of imide groups is 1. The number of pyridine rings is 2. The smallest absolute Gasteiger partial charge is 0.258 e. The lowest BCUT2D eigenvalue weighted by molar-refractivity contribution is -0.140. The number of aromatic nitrogens is 2. The number of ketones is 2. The molecule has 24 nitrogen and oxygen atoms in total. The number of aryl methyl sites for hydroxylation is 1. The van der Waals surface area contributed by atoms with Gasteiger partial charge in [-0.1, -0.05) is 20.4 Å². The van der Waals surface area contributed by atoms with Gasteiger partial charge in [0, 0.05) is 99.0 Å². The average molecular weight is 1090 g/mol. The first-order valence-electron chi connectivity index (χ1n) is 26.0. The molecule has 0 unspecified atom stereocenters. The minimum absolute atomic E-state index is 0.00919. The van der Waals surface area contributed by atoms with E-state index >= 15 is 0 Å². The highest BCUT2D eigenvalue weighted by Gasteiger charge is 2.42. The summed E-state index contributed by atoms with van der Waals surface area (Å²) in [6.07, 6.45) is -4.80. The first kappa shape index (κ1) is 58.7. The lowest BCUT2D eigenvalue weighted by atomic mass is 9.84. The molecule has 5 amide bonds. The third-order valence-corrected chi connectivity index (χ3v) is 14.9. The second-order valence-electron chi connectivity index (χ2n) is 20.2. The molecule has 0 saturated carbocycles. The Morgan fingerprint density at radius 1 is 0.910 bits per heavy atom. The van der Waals surface area contributed by atoms with Gasteiger partial charge in [0.05, 0.1) is 41.7 Å². The number of carbonyl (C=O) groups is 7. The molecular formula is C54H68N6O18. The van der Waals surface area contributed by atoms with Gasteiger partial charge >= 0.3 is 0 Å². The zero-order valence-electron chi connectivity index (χ0n) is 44.0. The zero-order valence-corrected chi connectivity index (χ0v) is 44.0. The summed E-state index contributed by atoms with van der Waals surface area (Å²) in [6.45, 7) is 7.41. The van der Waals surface area contributed by atoms with Crippen molar-refractivity contribution in [1.29, 1.82) is 0 Å². The summed E-state index contributed by atoms with van der Waals surface area (Å²) in [6, 6.07) is 4.39. The molecule has 2 aromatic heterocycles. The molecular weight excluding hydrogens is 1020 g/mol. The molecule has 24 heteroatoms. The van der Waals surface area contributed by atoms with Crippen LogP contribution in [0.5, 0.6) is 11.5 Å². The molecule has 0 aliphatic carbocycles. The number of carbonyl (C=O) groups excluding carboxylic acids is 7. The van der Waals surface area contributed by atoms with Gasteiger partial charge in [-0.2, -0.15) is 0 Å². The van der Waals surface area contributed by atoms with Gasteiger partial charge in [0.15, 0.2) is 17.3 Å². The van der Waals surface area contributed by atoms with Crippen molar-refractivity contribution in [2.45, 2.75) is 128 Å². The number of nitrogens with zero attached hydrogens (tertiary/aromatic N) is 4. The second kappa shape index (κ2) is 25.2. The van der Waals surface area contributed by atoms with Crippen molar-refractivity contribution in [3.63, 3.8) is 0 Å². The Morgan fingerprint density at radius 3 is 2.29 bits per heavy atom. The molecule has 6 heterocycles. The standard InChI is InChI=1S/C54H68N6O18/c1-6-54(74)30(4)76-25-36-37(54)20-39-48-35(22-60(39)53(36)73)33(34-19-43-44(78-27-77-43)21-38(34)57-48)9-7-8-16-75-26-55-51(71)28(2)17-40(63)29(3)56-52(72)31(18-32(62)14-15-59-46(67)12-13-47(59)68)10-11-45(66)58(5)23-41(64)49(69)50(70)42(65)24-61/h12-13,19-21,28-29,31,41-42,49-50,61,64-65,69-70,74H,4,6-11,14-18,22-27H2,1-3,5H3,(H,55,71)(H,56,72)/t28-,29+,31-,41+,42-,49-,50-,54-/m1/s1. The van der Waals surface area contributed by atoms with Gasteiger partial charge in [-0.25, -0.2) is 4.98 Å². The van der Waals surface area contributed by atoms with E-state index in [2.05, 4.69) is 17.2 Å². The molecule has 0 radical (unpaired) electrons. The predicted molar refractivity (Wildman–Crippen MR) is 275 cm³/mol. The maximum absolute atomic E-state index is 14.0. The number of Topliss-reactive ketones (excluding diaryl/α,β-unsaturated/α-hetero) is 2. The van der Waals surface area contributed by atoms with Crippen LogP contribution in [0.25, 0.3) is 22.3 Å². The van der Waals surface area contributed by atoms with E-state index in [-0.39, 0.29) is 83.2 Å². The number of hydrogen-bond acceptors (Lipinski definition) is 19. The summed E-state index contributed by atoms with van der Waals surface area (Å²) in [5, 5.41) is 66.9. The maximum Gasteiger partial charge on any atom is 0.258 e. The molecule has 4 aliphatic heterocycles. The second-order valence-corrected chi connectivity index (χ2v) is 20.2. The van der Waals surface area contributed by atoms with Crippen LogP contribution in [-0.2, 0) is 68.2 Å². The Morgan fingerprint density at radius 2 is 1.60 bits per heavy atom. The van der Waals surface area contributed by atoms with E-state index < -0.39 is 109 Å². The van der Waals surface area contributed by atoms with Crippen molar-refractivity contribution in [3.05, 3.63) is 75.3 Å². The fraction of sp³-hybridized carbons (Fsp3) is 0.537. The van der Waals surface area contributed by atoms with Crippen LogP contribution in [-0.4, -0.2) is 168 Å². The van der Waals surface area contributed by atoms with Crippen molar-refractivity contribution in [2.75, 3.05) is 46.9 Å². The number of amides is 5. The number of nitrogens with one attached hydrogen (secondary N) is 2. The van der Waals surface area contributed by atoms with E-state index in [4.69, 9.17) is 29.0 Å². The van der Waals surface area contributed by atoms with Crippen LogP contribution in [0, 0.1) is 11.8 Å². The van der Waals surface area contributed by atoms with E-state index in [9.17, 15) is 63.9 Å². The Labute approximate surface area is 448 Å². The molecule has 4 aliphatic rings. The number of unbranched alkanes of at least 4 members (excludes halogenated alkanes) is 1. The number of benzene rings is 1. The van der Waals surface area contributed by atoms with Gasteiger partial charge < -0.3 is 69.7 Å². The van der Waals surface area contributed by atoms with Crippen LogP contribution in [0.15, 0.2) is 47.5 Å². The quantitative estimate of drug-likeness (QED) is 0.0209. The molecule has 0 spiro atoms. The van der Waals surface area contributed by atoms with Crippen LogP contribution in [0.1, 0.15) is 94.4 Å². The number of fused-ring (bicyclic) bond motifs is 6. The zero-order chi connectivity index (χ0) is 56.7. The minimum Gasteiger partial charge on any atom is -0.490 e. The number of ether oxygens (including phenoxy) is 4. The summed E-state index contributed by atoms with van der Waals surface area (Å²) >= 11 is 0. The first-order chi connectivity index (χ1) is 37.1. The van der Waals surface area contributed by atoms with E-state index in [1.165, 1.54) is 20.9 Å². The molecule has 1 aromatic carbocycles. The van der Waals surface area contributed by atoms with E-state index in [0.717, 1.165) is 38.5 Å². The molecule has 78 heavy (non-hydrogen) atoms. The predicted octanol–water partition coefficient (Wildman–Crippen LogP) is -0.127. The number of rotatable bonds is 28. The summed E-state index contributed by atoms with van der Waals surface area (Å²) in [5.74, 6) is -4.86. The maximum atomic E-state index is 14.0. The van der Waals surface area contributed by atoms with Gasteiger partial charge in [-0.15, -0.1) is 0 Å². The fourth-order valence-electron chi connectivity index (χ4n) is 9.94. The Bertz CT molecular complexity index is 2920. The first-order valence-corrected chi connectivity index (χ1v) is 26.0. The Hall–Kier alpha value is -6.93. The average Bonchev–Trinajstić information content (AvgIpc) is 4.23. The third-order valence-electron chi connectivity index (χ3n) is 14.9. The number of aliphatic hydroxyl groups excluding tert-OH is 5. The summed E-state index contributed by atoms with van der Waals surface area (Å²) in [4.78, 5) is 111. The summed E-state index contributed by atoms with van der Waals surface area (Å²) in [7, 11) is 1.27. The van der Waals surface area contributed by atoms with Crippen LogP contribution >= 0.6 is 0 Å². The minimum atomic E-state index is -1.93. The van der Waals surface area contributed by atoms with Gasteiger partial charge in [0.1, 0.15) is 54.9 Å².